The van der Waals surface area contributed by atoms with E-state index < -0.39 is 11.8 Å². The number of hydrogen-bond acceptors (Lipinski definition) is 8. The third-order valence-electron chi connectivity index (χ3n) is 3.93. The number of methoxy groups -OCH3 is 2. The minimum absolute atomic E-state index is 0.00701. The van der Waals surface area contributed by atoms with Crippen LogP contribution in [0.4, 0.5) is 0 Å². The van der Waals surface area contributed by atoms with Crippen molar-refractivity contribution >= 4 is 23.6 Å². The molecule has 0 bridgehead atoms. The molecule has 1 aromatic heterocycles. The van der Waals surface area contributed by atoms with Gasteiger partial charge in [-0.1, -0.05) is 36.0 Å². The highest BCUT2D eigenvalue weighted by atomic mass is 32.2. The van der Waals surface area contributed by atoms with Gasteiger partial charge in [0, 0.05) is 5.56 Å². The summed E-state index contributed by atoms with van der Waals surface area (Å²) in [6, 6.07) is 14.1. The summed E-state index contributed by atoms with van der Waals surface area (Å²) in [5.74, 6) is 0.856. The van der Waals surface area contributed by atoms with Gasteiger partial charge >= 0.3 is 0 Å². The van der Waals surface area contributed by atoms with Gasteiger partial charge in [0.1, 0.15) is 0 Å². The molecule has 2 amide bonds. The molecule has 30 heavy (non-hydrogen) atoms. The molecule has 0 atom stereocenters. The highest BCUT2D eigenvalue weighted by Gasteiger charge is 2.13. The number of amides is 2. The largest absolute Gasteiger partial charge is 0.493 e. The summed E-state index contributed by atoms with van der Waals surface area (Å²) < 4.78 is 16.1. The van der Waals surface area contributed by atoms with Crippen LogP contribution in [0.5, 0.6) is 11.5 Å². The van der Waals surface area contributed by atoms with Gasteiger partial charge in [0.25, 0.3) is 11.1 Å². The van der Waals surface area contributed by atoms with Crippen molar-refractivity contribution in [1.29, 1.82) is 0 Å². The first kappa shape index (κ1) is 21.2. The van der Waals surface area contributed by atoms with Gasteiger partial charge in [-0.3, -0.25) is 20.4 Å². The van der Waals surface area contributed by atoms with Gasteiger partial charge in [0.15, 0.2) is 11.5 Å². The van der Waals surface area contributed by atoms with E-state index in [4.69, 9.17) is 13.9 Å². The van der Waals surface area contributed by atoms with E-state index in [2.05, 4.69) is 21.0 Å². The summed E-state index contributed by atoms with van der Waals surface area (Å²) in [7, 11) is 3.14. The molecule has 2 N–H and O–H groups in total. The van der Waals surface area contributed by atoms with Crippen LogP contribution in [-0.2, 0) is 11.2 Å². The Morgan fingerprint density at radius 2 is 1.77 bits per heavy atom. The second-order valence-corrected chi connectivity index (χ2v) is 6.91. The van der Waals surface area contributed by atoms with Crippen molar-refractivity contribution in [3.05, 3.63) is 65.5 Å². The van der Waals surface area contributed by atoms with Gasteiger partial charge in [-0.2, -0.15) is 0 Å². The van der Waals surface area contributed by atoms with Crippen LogP contribution >= 0.6 is 11.8 Å². The molecule has 0 radical (unpaired) electrons. The lowest BCUT2D eigenvalue weighted by atomic mass is 10.1. The fourth-order valence-electron chi connectivity index (χ4n) is 2.48. The van der Waals surface area contributed by atoms with E-state index >= 15 is 0 Å². The fraction of sp³-hybridized carbons (Fsp3) is 0.200. The molecule has 0 saturated heterocycles. The van der Waals surface area contributed by atoms with Crippen LogP contribution in [-0.4, -0.2) is 42.0 Å². The first-order valence-electron chi connectivity index (χ1n) is 8.89. The van der Waals surface area contributed by atoms with Crippen molar-refractivity contribution in [2.45, 2.75) is 11.6 Å². The van der Waals surface area contributed by atoms with Crippen molar-refractivity contribution in [1.82, 2.24) is 21.0 Å². The van der Waals surface area contributed by atoms with Crippen molar-refractivity contribution < 1.29 is 23.5 Å². The maximum atomic E-state index is 11.9. The second kappa shape index (κ2) is 10.3. The number of aromatic nitrogens is 2. The molecule has 3 aromatic rings. The Labute approximate surface area is 177 Å². The lowest BCUT2D eigenvalue weighted by Gasteiger charge is -2.08. The summed E-state index contributed by atoms with van der Waals surface area (Å²) in [4.78, 5) is 23.8. The standard InChI is InChI=1S/C20H20N4O5S/c1-27-15-9-8-13(10-16(15)28-2)11-18-22-24-20(29-18)30-12-17(25)21-23-19(26)14-6-4-3-5-7-14/h3-10H,11-12H2,1-2H3,(H,21,25)(H,23,26). The second-order valence-electron chi connectivity index (χ2n) is 5.98. The van der Waals surface area contributed by atoms with E-state index in [1.807, 2.05) is 12.1 Å². The van der Waals surface area contributed by atoms with Gasteiger partial charge in [-0.25, -0.2) is 0 Å². The number of carbonyl (C=O) groups excluding carboxylic acids is 2. The van der Waals surface area contributed by atoms with E-state index in [0.717, 1.165) is 17.3 Å². The van der Waals surface area contributed by atoms with Crippen LogP contribution in [0.25, 0.3) is 0 Å². The van der Waals surface area contributed by atoms with Crippen LogP contribution in [0.2, 0.25) is 0 Å². The third kappa shape index (κ3) is 5.74. The molecule has 0 fully saturated rings. The molecular formula is C20H20N4O5S. The minimum Gasteiger partial charge on any atom is -0.493 e. The van der Waals surface area contributed by atoms with E-state index in [1.165, 1.54) is 0 Å². The zero-order chi connectivity index (χ0) is 21.3. The summed E-state index contributed by atoms with van der Waals surface area (Å²) in [5, 5.41) is 8.18. The third-order valence-corrected chi connectivity index (χ3v) is 4.75. The number of ether oxygens (including phenoxy) is 2. The maximum absolute atomic E-state index is 11.9. The molecule has 0 aliphatic carbocycles. The molecule has 0 saturated carbocycles. The van der Waals surface area contributed by atoms with Gasteiger partial charge in [0.2, 0.25) is 11.8 Å². The number of nitrogens with zero attached hydrogens (tertiary/aromatic N) is 2. The quantitative estimate of drug-likeness (QED) is 0.415. The SMILES string of the molecule is COc1ccc(Cc2nnc(SCC(=O)NNC(=O)c3ccccc3)o2)cc1OC. The molecule has 0 unspecified atom stereocenters. The number of thioether (sulfide) groups is 1. The average Bonchev–Trinajstić information content (AvgIpc) is 3.23. The molecule has 1 heterocycles. The number of hydrazine groups is 1. The summed E-state index contributed by atoms with van der Waals surface area (Å²) in [6.45, 7) is 0. The van der Waals surface area contributed by atoms with E-state index in [0.29, 0.717) is 29.4 Å². The molecule has 0 spiro atoms. The number of carbonyl (C=O) groups is 2. The first-order chi connectivity index (χ1) is 14.6. The van der Waals surface area contributed by atoms with E-state index in [9.17, 15) is 9.59 Å². The lowest BCUT2D eigenvalue weighted by molar-refractivity contribution is -0.119. The molecule has 9 nitrogen and oxygen atoms in total. The number of hydrogen-bond donors (Lipinski definition) is 2. The molecule has 0 aliphatic rings. The number of benzene rings is 2. The zero-order valence-corrected chi connectivity index (χ0v) is 17.2. The van der Waals surface area contributed by atoms with Crippen LogP contribution in [0.15, 0.2) is 58.2 Å². The highest BCUT2D eigenvalue weighted by Crippen LogP contribution is 2.28. The van der Waals surface area contributed by atoms with Gasteiger partial charge in [0.05, 0.1) is 26.4 Å². The first-order valence-corrected chi connectivity index (χ1v) is 9.88. The zero-order valence-electron chi connectivity index (χ0n) is 16.4. The molecule has 3 rings (SSSR count). The van der Waals surface area contributed by atoms with Gasteiger partial charge < -0.3 is 13.9 Å². The normalized spacial score (nSPS) is 10.3. The summed E-state index contributed by atoms with van der Waals surface area (Å²) in [5.41, 5.74) is 6.06. The van der Waals surface area contributed by atoms with Crippen LogP contribution in [0.3, 0.4) is 0 Å². The maximum Gasteiger partial charge on any atom is 0.277 e. The Hall–Kier alpha value is -3.53. The van der Waals surface area contributed by atoms with Crippen molar-refractivity contribution in [3.8, 4) is 11.5 Å². The molecule has 2 aromatic carbocycles. The Morgan fingerprint density at radius 3 is 2.50 bits per heavy atom. The Kier molecular flexibility index (Phi) is 7.28. The van der Waals surface area contributed by atoms with Crippen LogP contribution in [0, 0.1) is 0 Å². The highest BCUT2D eigenvalue weighted by molar-refractivity contribution is 7.99. The Bertz CT molecular complexity index is 1010. The lowest BCUT2D eigenvalue weighted by Crippen LogP contribution is -2.42. The van der Waals surface area contributed by atoms with E-state index in [1.54, 1.807) is 50.6 Å². The van der Waals surface area contributed by atoms with Crippen LogP contribution in [0.1, 0.15) is 21.8 Å². The fourth-order valence-corrected chi connectivity index (χ4v) is 3.07. The predicted molar refractivity (Wildman–Crippen MR) is 109 cm³/mol. The van der Waals surface area contributed by atoms with Crippen LogP contribution < -0.4 is 20.3 Å². The average molecular weight is 428 g/mol. The van der Waals surface area contributed by atoms with E-state index in [-0.39, 0.29) is 11.0 Å². The van der Waals surface area contributed by atoms with Crippen molar-refractivity contribution in [2.24, 2.45) is 0 Å². The summed E-state index contributed by atoms with van der Waals surface area (Å²) in [6.07, 6.45) is 0.410. The smallest absolute Gasteiger partial charge is 0.277 e. The Morgan fingerprint density at radius 1 is 1.00 bits per heavy atom. The number of rotatable bonds is 8. The molecule has 156 valence electrons. The van der Waals surface area contributed by atoms with Gasteiger partial charge in [-0.15, -0.1) is 10.2 Å². The number of nitrogens with one attached hydrogen (secondary N) is 2. The molecule has 10 heteroatoms. The molecular weight excluding hydrogens is 408 g/mol. The minimum atomic E-state index is -0.399. The monoisotopic (exact) mass is 428 g/mol. The summed E-state index contributed by atoms with van der Waals surface area (Å²) >= 11 is 1.07. The topological polar surface area (TPSA) is 116 Å². The molecule has 0 aliphatic heterocycles. The Balaban J connectivity index is 1.47. The predicted octanol–water partition coefficient (Wildman–Crippen LogP) is 2.23. The van der Waals surface area contributed by atoms with Crippen molar-refractivity contribution in [2.75, 3.05) is 20.0 Å². The van der Waals surface area contributed by atoms with Gasteiger partial charge in [-0.05, 0) is 29.8 Å². The van der Waals surface area contributed by atoms with Crippen molar-refractivity contribution in [3.63, 3.8) is 0 Å².